The van der Waals surface area contributed by atoms with Gasteiger partial charge in [-0.25, -0.2) is 4.98 Å². The van der Waals surface area contributed by atoms with E-state index in [1.165, 1.54) is 47.9 Å². The molecule has 2 aromatic heterocycles. The van der Waals surface area contributed by atoms with E-state index in [0.29, 0.717) is 17.7 Å². The number of carbonyl (C=O) groups excluding carboxylic acids is 1. The van der Waals surface area contributed by atoms with Crippen LogP contribution in [0.3, 0.4) is 0 Å². The summed E-state index contributed by atoms with van der Waals surface area (Å²) in [7, 11) is 0. The number of fused-ring (bicyclic) bond motifs is 3. The van der Waals surface area contributed by atoms with E-state index < -0.39 is 0 Å². The van der Waals surface area contributed by atoms with E-state index in [-0.39, 0.29) is 17.2 Å². The van der Waals surface area contributed by atoms with Crippen LogP contribution in [0.15, 0.2) is 22.6 Å². The first kappa shape index (κ1) is 19.7. The van der Waals surface area contributed by atoms with Crippen molar-refractivity contribution in [1.82, 2.24) is 14.9 Å². The monoisotopic (exact) mass is 417 g/mol. The normalized spacial score (nSPS) is 17.4. The Kier molecular flexibility index (Phi) is 6.21. The number of amides is 1. The van der Waals surface area contributed by atoms with Gasteiger partial charge in [-0.15, -0.1) is 17.9 Å². The molecule has 0 unspecified atom stereocenters. The minimum atomic E-state index is 0.0102. The molecule has 1 fully saturated rings. The van der Waals surface area contributed by atoms with Gasteiger partial charge in [-0.05, 0) is 37.7 Å². The van der Waals surface area contributed by atoms with E-state index in [0.717, 1.165) is 42.3 Å². The summed E-state index contributed by atoms with van der Waals surface area (Å²) in [6.45, 7) is 4.20. The van der Waals surface area contributed by atoms with Gasteiger partial charge in [0.1, 0.15) is 4.83 Å². The van der Waals surface area contributed by atoms with Crippen LogP contribution < -0.4 is 10.9 Å². The Labute approximate surface area is 173 Å². The third-order valence-electron chi connectivity index (χ3n) is 5.65. The molecule has 0 saturated heterocycles. The zero-order valence-electron chi connectivity index (χ0n) is 16.2. The molecule has 1 N–H and O–H groups in total. The van der Waals surface area contributed by atoms with Gasteiger partial charge in [0.25, 0.3) is 5.56 Å². The molecule has 1 saturated carbocycles. The number of rotatable bonds is 6. The molecule has 0 bridgehead atoms. The summed E-state index contributed by atoms with van der Waals surface area (Å²) in [5.74, 6) is 0.321. The van der Waals surface area contributed by atoms with Crippen LogP contribution in [0.1, 0.15) is 55.4 Å². The zero-order chi connectivity index (χ0) is 19.5. The van der Waals surface area contributed by atoms with E-state index in [9.17, 15) is 9.59 Å². The Morgan fingerprint density at radius 2 is 2.04 bits per heavy atom. The van der Waals surface area contributed by atoms with Crippen molar-refractivity contribution in [3.8, 4) is 0 Å². The standard InChI is InChI=1S/C21H27N3O2S2/c1-2-12-24-20(26)18-15-10-7-11-16(15)28-19(18)23-21(24)27-13-17(25)22-14-8-5-3-4-6-9-14/h2,14H,1,3-13H2,(H,22,25). The molecule has 4 rings (SSSR count). The van der Waals surface area contributed by atoms with Crippen LogP contribution >= 0.6 is 23.1 Å². The molecule has 7 heteroatoms. The largest absolute Gasteiger partial charge is 0.353 e. The van der Waals surface area contributed by atoms with E-state index in [1.54, 1.807) is 22.0 Å². The van der Waals surface area contributed by atoms with Crippen molar-refractivity contribution in [3.63, 3.8) is 0 Å². The minimum absolute atomic E-state index is 0.0102. The number of hydrogen-bond donors (Lipinski definition) is 1. The van der Waals surface area contributed by atoms with Crippen LogP contribution in [0.25, 0.3) is 10.2 Å². The number of hydrogen-bond acceptors (Lipinski definition) is 5. The summed E-state index contributed by atoms with van der Waals surface area (Å²) in [6.07, 6.45) is 11.9. The third-order valence-corrected chi connectivity index (χ3v) is 7.82. The number of aryl methyl sites for hydroxylation is 2. The van der Waals surface area contributed by atoms with Crippen LogP contribution in [-0.2, 0) is 24.2 Å². The van der Waals surface area contributed by atoms with Crippen LogP contribution in [0.4, 0.5) is 0 Å². The topological polar surface area (TPSA) is 64.0 Å². The van der Waals surface area contributed by atoms with Gasteiger partial charge in [0, 0.05) is 17.5 Å². The lowest BCUT2D eigenvalue weighted by atomic mass is 10.1. The minimum Gasteiger partial charge on any atom is -0.353 e. The SMILES string of the molecule is C=CCn1c(SCC(=O)NC2CCCCCC2)nc2sc3c(c2c1=O)CCC3. The van der Waals surface area contributed by atoms with Crippen LogP contribution in [0, 0.1) is 0 Å². The van der Waals surface area contributed by atoms with E-state index in [4.69, 9.17) is 4.98 Å². The van der Waals surface area contributed by atoms with Crippen LogP contribution in [-0.4, -0.2) is 27.3 Å². The predicted molar refractivity (Wildman–Crippen MR) is 116 cm³/mol. The highest BCUT2D eigenvalue weighted by Crippen LogP contribution is 2.35. The second-order valence-corrected chi connectivity index (χ2v) is 9.71. The fourth-order valence-corrected chi connectivity index (χ4v) is 6.40. The maximum atomic E-state index is 13.1. The number of aromatic nitrogens is 2. The van der Waals surface area contributed by atoms with Crippen molar-refractivity contribution in [3.05, 3.63) is 33.4 Å². The van der Waals surface area contributed by atoms with Crippen molar-refractivity contribution in [1.29, 1.82) is 0 Å². The zero-order valence-corrected chi connectivity index (χ0v) is 17.8. The number of nitrogens with zero attached hydrogens (tertiary/aromatic N) is 2. The van der Waals surface area contributed by atoms with E-state index >= 15 is 0 Å². The number of thiophene rings is 1. The summed E-state index contributed by atoms with van der Waals surface area (Å²) in [4.78, 5) is 32.5. The maximum absolute atomic E-state index is 13.1. The summed E-state index contributed by atoms with van der Waals surface area (Å²) in [5, 5.41) is 4.57. The molecule has 0 radical (unpaired) electrons. The molecule has 150 valence electrons. The lowest BCUT2D eigenvalue weighted by molar-refractivity contribution is -0.119. The van der Waals surface area contributed by atoms with Crippen molar-refractivity contribution < 1.29 is 4.79 Å². The highest BCUT2D eigenvalue weighted by molar-refractivity contribution is 7.99. The molecule has 5 nitrogen and oxygen atoms in total. The molecule has 28 heavy (non-hydrogen) atoms. The third kappa shape index (κ3) is 4.06. The molecule has 2 aliphatic carbocycles. The summed E-state index contributed by atoms with van der Waals surface area (Å²) < 4.78 is 1.67. The Balaban J connectivity index is 1.52. The molecule has 0 aliphatic heterocycles. The lowest BCUT2D eigenvalue weighted by Crippen LogP contribution is -2.35. The van der Waals surface area contributed by atoms with Gasteiger partial charge in [-0.1, -0.05) is 43.5 Å². The predicted octanol–water partition coefficient (Wildman–Crippen LogP) is 4.06. The number of carbonyl (C=O) groups is 1. The molecular weight excluding hydrogens is 390 g/mol. The van der Waals surface area contributed by atoms with Gasteiger partial charge in [-0.2, -0.15) is 0 Å². The van der Waals surface area contributed by atoms with Crippen molar-refractivity contribution in [2.24, 2.45) is 0 Å². The average Bonchev–Trinajstić information content (AvgIpc) is 3.16. The molecule has 1 amide bonds. The van der Waals surface area contributed by atoms with Crippen molar-refractivity contribution in [2.75, 3.05) is 5.75 Å². The highest BCUT2D eigenvalue weighted by Gasteiger charge is 2.23. The van der Waals surface area contributed by atoms with Gasteiger partial charge < -0.3 is 5.32 Å². The maximum Gasteiger partial charge on any atom is 0.263 e. The van der Waals surface area contributed by atoms with Gasteiger partial charge in [-0.3, -0.25) is 14.2 Å². The molecule has 0 atom stereocenters. The molecule has 0 spiro atoms. The molecule has 2 heterocycles. The highest BCUT2D eigenvalue weighted by atomic mass is 32.2. The molecular formula is C21H27N3O2S2. The van der Waals surface area contributed by atoms with Gasteiger partial charge in [0.05, 0.1) is 11.1 Å². The Hall–Kier alpha value is -1.60. The first-order chi connectivity index (χ1) is 13.7. The number of allylic oxidation sites excluding steroid dienone is 1. The van der Waals surface area contributed by atoms with Crippen molar-refractivity contribution >= 4 is 39.2 Å². The van der Waals surface area contributed by atoms with Gasteiger partial charge in [0.2, 0.25) is 5.91 Å². The second kappa shape index (κ2) is 8.82. The van der Waals surface area contributed by atoms with E-state index in [1.807, 2.05) is 0 Å². The Morgan fingerprint density at radius 3 is 2.79 bits per heavy atom. The summed E-state index contributed by atoms with van der Waals surface area (Å²) in [6, 6.07) is 0.293. The fraction of sp³-hybridized carbons (Fsp3) is 0.571. The van der Waals surface area contributed by atoms with Crippen LogP contribution in [0.2, 0.25) is 0 Å². The quantitative estimate of drug-likeness (QED) is 0.333. The number of thioether (sulfide) groups is 1. The lowest BCUT2D eigenvalue weighted by Gasteiger charge is -2.16. The van der Waals surface area contributed by atoms with E-state index in [2.05, 4.69) is 11.9 Å². The first-order valence-corrected chi connectivity index (χ1v) is 12.1. The number of nitrogens with one attached hydrogen (secondary N) is 1. The van der Waals surface area contributed by atoms with Gasteiger partial charge >= 0.3 is 0 Å². The fourth-order valence-electron chi connectivity index (χ4n) is 4.28. The van der Waals surface area contributed by atoms with Crippen LogP contribution in [0.5, 0.6) is 0 Å². The van der Waals surface area contributed by atoms with Gasteiger partial charge in [0.15, 0.2) is 5.16 Å². The molecule has 0 aromatic carbocycles. The molecule has 2 aliphatic rings. The summed E-state index contributed by atoms with van der Waals surface area (Å²) >= 11 is 3.00. The Morgan fingerprint density at radius 1 is 1.25 bits per heavy atom. The smallest absolute Gasteiger partial charge is 0.263 e. The second-order valence-electron chi connectivity index (χ2n) is 7.68. The average molecular weight is 418 g/mol. The van der Waals surface area contributed by atoms with Crippen molar-refractivity contribution in [2.45, 2.75) is 75.5 Å². The first-order valence-electron chi connectivity index (χ1n) is 10.3. The Bertz CT molecular complexity index is 939. The molecule has 2 aromatic rings. The summed E-state index contributed by atoms with van der Waals surface area (Å²) in [5.41, 5.74) is 1.20.